The van der Waals surface area contributed by atoms with Crippen LogP contribution in [-0.4, -0.2) is 15.7 Å². The molecule has 1 aliphatic carbocycles. The summed E-state index contributed by atoms with van der Waals surface area (Å²) >= 11 is 0. The van der Waals surface area contributed by atoms with Gasteiger partial charge in [0.05, 0.1) is 18.8 Å². The lowest BCUT2D eigenvalue weighted by Gasteiger charge is -2.24. The van der Waals surface area contributed by atoms with Crippen molar-refractivity contribution in [2.75, 3.05) is 0 Å². The second kappa shape index (κ2) is 8.21. The first-order valence-electron chi connectivity index (χ1n) is 9.71. The Morgan fingerprint density at radius 2 is 1.74 bits per heavy atom. The normalized spacial score (nSPS) is 15.9. The first-order chi connectivity index (χ1) is 13.3. The molecule has 4 nitrogen and oxygen atoms in total. The van der Waals surface area contributed by atoms with Crippen molar-refractivity contribution in [2.45, 2.75) is 44.7 Å². The predicted molar refractivity (Wildman–Crippen MR) is 106 cm³/mol. The molecule has 2 aromatic carbocycles. The summed E-state index contributed by atoms with van der Waals surface area (Å²) in [7, 11) is 0. The van der Waals surface area contributed by atoms with E-state index in [9.17, 15) is 4.79 Å². The van der Waals surface area contributed by atoms with Gasteiger partial charge in [-0.3, -0.25) is 9.48 Å². The molecule has 0 aliphatic heterocycles. The number of benzene rings is 2. The Kier molecular flexibility index (Phi) is 5.33. The molecule has 4 heteroatoms. The zero-order valence-corrected chi connectivity index (χ0v) is 15.5. The van der Waals surface area contributed by atoms with E-state index in [2.05, 4.69) is 51.5 Å². The lowest BCUT2D eigenvalue weighted by atomic mass is 9.92. The molecule has 3 aromatic rings. The molecule has 138 valence electrons. The molecule has 0 spiro atoms. The SMILES string of the molecule is O=C(CCc1ccccc1)N[C@H]1CCCc2c1cnn2Cc1ccccc1. The average molecular weight is 359 g/mol. The summed E-state index contributed by atoms with van der Waals surface area (Å²) in [6.45, 7) is 0.783. The lowest BCUT2D eigenvalue weighted by molar-refractivity contribution is -0.121. The van der Waals surface area contributed by atoms with E-state index in [4.69, 9.17) is 0 Å². The van der Waals surface area contributed by atoms with Crippen LogP contribution in [0.4, 0.5) is 0 Å². The second-order valence-electron chi connectivity index (χ2n) is 7.19. The molecule has 1 heterocycles. The van der Waals surface area contributed by atoms with Gasteiger partial charge in [-0.2, -0.15) is 5.10 Å². The molecule has 1 atom stereocenters. The van der Waals surface area contributed by atoms with Gasteiger partial charge >= 0.3 is 0 Å². The van der Waals surface area contributed by atoms with Gasteiger partial charge in [0.15, 0.2) is 0 Å². The molecule has 0 radical (unpaired) electrons. The van der Waals surface area contributed by atoms with E-state index >= 15 is 0 Å². The number of aromatic nitrogens is 2. The Labute approximate surface area is 160 Å². The van der Waals surface area contributed by atoms with E-state index in [1.165, 1.54) is 22.4 Å². The number of nitrogens with zero attached hydrogens (tertiary/aromatic N) is 2. The Balaban J connectivity index is 1.40. The highest BCUT2D eigenvalue weighted by molar-refractivity contribution is 5.76. The highest BCUT2D eigenvalue weighted by Gasteiger charge is 2.25. The van der Waals surface area contributed by atoms with Crippen molar-refractivity contribution in [1.29, 1.82) is 0 Å². The fourth-order valence-corrected chi connectivity index (χ4v) is 3.83. The number of aryl methyl sites for hydroxylation is 1. The average Bonchev–Trinajstić information content (AvgIpc) is 3.12. The van der Waals surface area contributed by atoms with Crippen LogP contribution in [-0.2, 0) is 24.2 Å². The van der Waals surface area contributed by atoms with Crippen molar-refractivity contribution in [3.8, 4) is 0 Å². The standard InChI is InChI=1S/C23H25N3O/c27-23(15-14-18-8-3-1-4-9-18)25-21-12-7-13-22-20(21)16-24-26(22)17-19-10-5-2-6-11-19/h1-6,8-11,16,21H,7,12-15,17H2,(H,25,27)/t21-/m0/s1. The number of hydrogen-bond acceptors (Lipinski definition) is 2. The van der Waals surface area contributed by atoms with Crippen molar-refractivity contribution in [1.82, 2.24) is 15.1 Å². The maximum atomic E-state index is 12.5. The molecule has 4 rings (SSSR count). The van der Waals surface area contributed by atoms with Crippen molar-refractivity contribution in [2.24, 2.45) is 0 Å². The highest BCUT2D eigenvalue weighted by atomic mass is 16.1. The van der Waals surface area contributed by atoms with Gasteiger partial charge in [-0.15, -0.1) is 0 Å². The molecular weight excluding hydrogens is 334 g/mol. The van der Waals surface area contributed by atoms with Crippen LogP contribution in [0.2, 0.25) is 0 Å². The van der Waals surface area contributed by atoms with Gasteiger partial charge in [0.2, 0.25) is 5.91 Å². The van der Waals surface area contributed by atoms with Crippen LogP contribution in [0.25, 0.3) is 0 Å². The zero-order valence-electron chi connectivity index (χ0n) is 15.5. The van der Waals surface area contributed by atoms with Crippen LogP contribution in [0.5, 0.6) is 0 Å². The van der Waals surface area contributed by atoms with Crippen LogP contribution in [0.3, 0.4) is 0 Å². The summed E-state index contributed by atoms with van der Waals surface area (Å²) < 4.78 is 2.09. The van der Waals surface area contributed by atoms with E-state index in [0.29, 0.717) is 6.42 Å². The predicted octanol–water partition coefficient (Wildman–Crippen LogP) is 4.06. The van der Waals surface area contributed by atoms with Crippen molar-refractivity contribution < 1.29 is 4.79 Å². The van der Waals surface area contributed by atoms with Gasteiger partial charge in [0, 0.05) is 17.7 Å². The van der Waals surface area contributed by atoms with E-state index in [0.717, 1.165) is 32.2 Å². The zero-order chi connectivity index (χ0) is 18.5. The monoisotopic (exact) mass is 359 g/mol. The van der Waals surface area contributed by atoms with E-state index in [-0.39, 0.29) is 11.9 Å². The topological polar surface area (TPSA) is 46.9 Å². The minimum absolute atomic E-state index is 0.0848. The molecule has 0 fully saturated rings. The van der Waals surface area contributed by atoms with Gasteiger partial charge in [0.1, 0.15) is 0 Å². The molecular formula is C23H25N3O. The molecule has 1 amide bonds. The Hall–Kier alpha value is -2.88. The summed E-state index contributed by atoms with van der Waals surface area (Å²) in [4.78, 5) is 12.5. The summed E-state index contributed by atoms with van der Waals surface area (Å²) in [5.41, 5.74) is 4.90. The first-order valence-corrected chi connectivity index (χ1v) is 9.71. The third-order valence-electron chi connectivity index (χ3n) is 5.26. The number of nitrogens with one attached hydrogen (secondary N) is 1. The van der Waals surface area contributed by atoms with E-state index in [1.54, 1.807) is 0 Å². The molecule has 1 N–H and O–H groups in total. The number of carbonyl (C=O) groups excluding carboxylic acids is 1. The van der Waals surface area contributed by atoms with E-state index in [1.807, 2.05) is 30.5 Å². The van der Waals surface area contributed by atoms with Crippen LogP contribution >= 0.6 is 0 Å². The van der Waals surface area contributed by atoms with Gasteiger partial charge in [0.25, 0.3) is 0 Å². The van der Waals surface area contributed by atoms with Crippen LogP contribution in [0, 0.1) is 0 Å². The van der Waals surface area contributed by atoms with Gasteiger partial charge in [-0.25, -0.2) is 0 Å². The molecule has 27 heavy (non-hydrogen) atoms. The van der Waals surface area contributed by atoms with Crippen LogP contribution in [0.15, 0.2) is 66.9 Å². The summed E-state index contributed by atoms with van der Waals surface area (Å²) in [6, 6.07) is 20.6. The number of rotatable bonds is 6. The van der Waals surface area contributed by atoms with Crippen LogP contribution < -0.4 is 5.32 Å². The lowest BCUT2D eigenvalue weighted by Crippen LogP contribution is -2.31. The molecule has 1 aliphatic rings. The largest absolute Gasteiger partial charge is 0.349 e. The second-order valence-corrected chi connectivity index (χ2v) is 7.19. The minimum Gasteiger partial charge on any atom is -0.349 e. The number of fused-ring (bicyclic) bond motifs is 1. The smallest absolute Gasteiger partial charge is 0.220 e. The Morgan fingerprint density at radius 3 is 2.48 bits per heavy atom. The molecule has 0 saturated carbocycles. The Bertz CT molecular complexity index is 887. The van der Waals surface area contributed by atoms with Crippen molar-refractivity contribution >= 4 is 5.91 Å². The quantitative estimate of drug-likeness (QED) is 0.721. The molecule has 0 saturated heterocycles. The number of amides is 1. The highest BCUT2D eigenvalue weighted by Crippen LogP contribution is 2.30. The van der Waals surface area contributed by atoms with Crippen molar-refractivity contribution in [3.63, 3.8) is 0 Å². The maximum absolute atomic E-state index is 12.5. The summed E-state index contributed by atoms with van der Waals surface area (Å²) in [6.07, 6.45) is 6.34. The van der Waals surface area contributed by atoms with Crippen molar-refractivity contribution in [3.05, 3.63) is 89.2 Å². The van der Waals surface area contributed by atoms with Gasteiger partial charge < -0.3 is 5.32 Å². The number of hydrogen-bond donors (Lipinski definition) is 1. The Morgan fingerprint density at radius 1 is 1.04 bits per heavy atom. The summed E-state index contributed by atoms with van der Waals surface area (Å²) in [5.74, 6) is 0.118. The molecule has 1 aromatic heterocycles. The fourth-order valence-electron chi connectivity index (χ4n) is 3.83. The minimum atomic E-state index is 0.0848. The van der Waals surface area contributed by atoms with Gasteiger partial charge in [-0.1, -0.05) is 60.7 Å². The van der Waals surface area contributed by atoms with E-state index < -0.39 is 0 Å². The molecule has 0 bridgehead atoms. The maximum Gasteiger partial charge on any atom is 0.220 e. The summed E-state index contributed by atoms with van der Waals surface area (Å²) in [5, 5.41) is 7.84. The number of carbonyl (C=O) groups is 1. The van der Waals surface area contributed by atoms with Crippen LogP contribution in [0.1, 0.15) is 47.7 Å². The fraction of sp³-hybridized carbons (Fsp3) is 0.304. The molecule has 0 unspecified atom stereocenters. The first kappa shape index (κ1) is 17.5. The van der Waals surface area contributed by atoms with Gasteiger partial charge in [-0.05, 0) is 36.8 Å². The third kappa shape index (κ3) is 4.27. The third-order valence-corrected chi connectivity index (χ3v) is 5.26.